The molecule has 19 heavy (non-hydrogen) atoms. The van der Waals surface area contributed by atoms with Crippen molar-refractivity contribution in [3.8, 4) is 0 Å². The van der Waals surface area contributed by atoms with E-state index in [2.05, 4.69) is 20.8 Å². The second-order valence-corrected chi connectivity index (χ2v) is 8.87. The van der Waals surface area contributed by atoms with E-state index in [1.807, 2.05) is 0 Å². The van der Waals surface area contributed by atoms with E-state index in [-0.39, 0.29) is 6.10 Å². The molecule has 4 fully saturated rings. The third-order valence-electron chi connectivity index (χ3n) is 7.64. The average molecular weight is 262 g/mol. The lowest BCUT2D eigenvalue weighted by Crippen LogP contribution is -2.46. The van der Waals surface area contributed by atoms with Gasteiger partial charge in [0.2, 0.25) is 0 Å². The van der Waals surface area contributed by atoms with Gasteiger partial charge in [0.25, 0.3) is 0 Å². The first-order valence-corrected chi connectivity index (χ1v) is 8.69. The molecule has 0 aromatic carbocycles. The Bertz CT molecular complexity index is 376. The first-order chi connectivity index (χ1) is 9.01. The van der Waals surface area contributed by atoms with Crippen LogP contribution in [0.15, 0.2) is 0 Å². The van der Waals surface area contributed by atoms with Gasteiger partial charge in [0.1, 0.15) is 0 Å². The van der Waals surface area contributed by atoms with Crippen molar-refractivity contribution in [3.63, 3.8) is 0 Å². The molecule has 0 radical (unpaired) electrons. The molecular formula is C18H30O. The second kappa shape index (κ2) is 4.00. The summed E-state index contributed by atoms with van der Waals surface area (Å²) in [5, 5.41) is 10.2. The summed E-state index contributed by atoms with van der Waals surface area (Å²) in [6, 6.07) is 0. The Labute approximate surface area is 118 Å². The fourth-order valence-corrected chi connectivity index (χ4v) is 6.65. The van der Waals surface area contributed by atoms with Gasteiger partial charge in [-0.25, -0.2) is 0 Å². The number of fused-ring (bicyclic) bond motifs is 5. The first kappa shape index (κ1) is 12.7. The number of rotatable bonds is 1. The molecule has 1 nitrogen and oxygen atoms in total. The van der Waals surface area contributed by atoms with Gasteiger partial charge in [-0.05, 0) is 85.4 Å². The second-order valence-electron chi connectivity index (χ2n) is 8.87. The molecule has 1 heteroatoms. The molecular weight excluding hydrogens is 232 g/mol. The van der Waals surface area contributed by atoms with E-state index in [0.717, 1.165) is 41.9 Å². The van der Waals surface area contributed by atoms with Crippen molar-refractivity contribution in [2.45, 2.75) is 65.4 Å². The van der Waals surface area contributed by atoms with Crippen LogP contribution in [-0.4, -0.2) is 11.2 Å². The van der Waals surface area contributed by atoms with Crippen molar-refractivity contribution in [2.75, 3.05) is 0 Å². The van der Waals surface area contributed by atoms with Crippen LogP contribution in [0.4, 0.5) is 0 Å². The van der Waals surface area contributed by atoms with Crippen LogP contribution in [0.5, 0.6) is 0 Å². The van der Waals surface area contributed by atoms with E-state index in [4.69, 9.17) is 0 Å². The molecule has 0 spiro atoms. The van der Waals surface area contributed by atoms with Crippen molar-refractivity contribution in [1.82, 2.24) is 0 Å². The molecule has 4 saturated carbocycles. The Morgan fingerprint density at radius 1 is 1.05 bits per heavy atom. The predicted octanol–water partition coefficient (Wildman–Crippen LogP) is 4.10. The number of aliphatic hydroxyl groups is 1. The smallest absolute Gasteiger partial charge is 0.0574 e. The summed E-state index contributed by atoms with van der Waals surface area (Å²) < 4.78 is 0. The summed E-state index contributed by atoms with van der Waals surface area (Å²) in [5.41, 5.74) is 0.644. The molecule has 108 valence electrons. The Morgan fingerprint density at radius 2 is 1.79 bits per heavy atom. The van der Waals surface area contributed by atoms with Crippen LogP contribution in [0.25, 0.3) is 0 Å². The summed E-state index contributed by atoms with van der Waals surface area (Å²) in [5.74, 6) is 6.23. The minimum absolute atomic E-state index is 0.0505. The Hall–Kier alpha value is -0.0400. The Balaban J connectivity index is 1.67. The van der Waals surface area contributed by atoms with Crippen LogP contribution in [0.1, 0.15) is 59.3 Å². The third kappa shape index (κ3) is 1.69. The predicted molar refractivity (Wildman–Crippen MR) is 77.6 cm³/mol. The topological polar surface area (TPSA) is 20.2 Å². The molecule has 0 aromatic heterocycles. The van der Waals surface area contributed by atoms with Gasteiger partial charge < -0.3 is 5.11 Å². The molecule has 4 aliphatic rings. The number of aliphatic hydroxyl groups excluding tert-OH is 1. The van der Waals surface area contributed by atoms with Crippen molar-refractivity contribution >= 4 is 0 Å². The SMILES string of the molecule is CC(C)[C@@H]1CC[C@]2(C)CC[C@H]3C[C@@H](O)[C@H]4C[C@H]4[C@@H]3[C@@H]12. The highest BCUT2D eigenvalue weighted by molar-refractivity contribution is 5.12. The van der Waals surface area contributed by atoms with Gasteiger partial charge >= 0.3 is 0 Å². The zero-order valence-corrected chi connectivity index (χ0v) is 12.8. The quantitative estimate of drug-likeness (QED) is 0.754. The maximum Gasteiger partial charge on any atom is 0.0574 e. The van der Waals surface area contributed by atoms with E-state index in [9.17, 15) is 5.11 Å². The van der Waals surface area contributed by atoms with Crippen molar-refractivity contribution < 1.29 is 5.11 Å². The van der Waals surface area contributed by atoms with Gasteiger partial charge in [-0.15, -0.1) is 0 Å². The average Bonchev–Trinajstić information content (AvgIpc) is 3.06. The van der Waals surface area contributed by atoms with Crippen LogP contribution in [0.2, 0.25) is 0 Å². The van der Waals surface area contributed by atoms with Gasteiger partial charge in [0, 0.05) is 0 Å². The molecule has 0 amide bonds. The van der Waals surface area contributed by atoms with Gasteiger partial charge in [-0.2, -0.15) is 0 Å². The lowest BCUT2D eigenvalue weighted by molar-refractivity contribution is -0.0526. The normalized spacial score (nSPS) is 59.5. The minimum Gasteiger partial charge on any atom is -0.393 e. The van der Waals surface area contributed by atoms with E-state index >= 15 is 0 Å². The first-order valence-electron chi connectivity index (χ1n) is 8.69. The van der Waals surface area contributed by atoms with Crippen LogP contribution < -0.4 is 0 Å². The maximum atomic E-state index is 10.2. The van der Waals surface area contributed by atoms with Gasteiger partial charge in [0.15, 0.2) is 0 Å². The Kier molecular flexibility index (Phi) is 2.67. The summed E-state index contributed by atoms with van der Waals surface area (Å²) >= 11 is 0. The molecule has 8 atom stereocenters. The molecule has 1 N–H and O–H groups in total. The summed E-state index contributed by atoms with van der Waals surface area (Å²) in [6.07, 6.45) is 8.32. The monoisotopic (exact) mass is 262 g/mol. The summed E-state index contributed by atoms with van der Waals surface area (Å²) in [7, 11) is 0. The van der Waals surface area contributed by atoms with E-state index in [1.165, 1.54) is 32.1 Å². The zero-order valence-electron chi connectivity index (χ0n) is 12.8. The molecule has 0 bridgehead atoms. The molecule has 4 aliphatic carbocycles. The fraction of sp³-hybridized carbons (Fsp3) is 1.00. The number of hydrogen-bond acceptors (Lipinski definition) is 1. The fourth-order valence-electron chi connectivity index (χ4n) is 6.65. The standard InChI is InChI=1S/C18H30O/c1-10(2)12-5-7-18(3)6-4-11-8-15(19)13-9-14(13)16(11)17(12)18/h10-17,19H,4-9H2,1-3H3/t11-,12-,13-,14+,15+,16+,17+,18-/m0/s1. The van der Waals surface area contributed by atoms with Gasteiger partial charge in [-0.3, -0.25) is 0 Å². The van der Waals surface area contributed by atoms with E-state index in [1.54, 1.807) is 0 Å². The van der Waals surface area contributed by atoms with Crippen molar-refractivity contribution in [2.24, 2.45) is 46.8 Å². The molecule has 0 saturated heterocycles. The molecule has 0 aromatic rings. The van der Waals surface area contributed by atoms with Crippen molar-refractivity contribution in [3.05, 3.63) is 0 Å². The third-order valence-corrected chi connectivity index (χ3v) is 7.64. The van der Waals surface area contributed by atoms with E-state index in [0.29, 0.717) is 11.3 Å². The van der Waals surface area contributed by atoms with E-state index < -0.39 is 0 Å². The van der Waals surface area contributed by atoms with Gasteiger partial charge in [0.05, 0.1) is 6.10 Å². The molecule has 0 heterocycles. The van der Waals surface area contributed by atoms with Crippen LogP contribution in [-0.2, 0) is 0 Å². The zero-order chi connectivity index (χ0) is 13.4. The minimum atomic E-state index is 0.0505. The van der Waals surface area contributed by atoms with Crippen LogP contribution in [0, 0.1) is 46.8 Å². The molecule has 4 rings (SSSR count). The number of hydrogen-bond donors (Lipinski definition) is 1. The molecule has 0 unspecified atom stereocenters. The summed E-state index contributed by atoms with van der Waals surface area (Å²) in [6.45, 7) is 7.49. The van der Waals surface area contributed by atoms with Crippen LogP contribution >= 0.6 is 0 Å². The maximum absolute atomic E-state index is 10.2. The highest BCUT2D eigenvalue weighted by atomic mass is 16.3. The highest BCUT2D eigenvalue weighted by Gasteiger charge is 2.63. The summed E-state index contributed by atoms with van der Waals surface area (Å²) in [4.78, 5) is 0. The molecule has 0 aliphatic heterocycles. The van der Waals surface area contributed by atoms with Crippen molar-refractivity contribution in [1.29, 1.82) is 0 Å². The van der Waals surface area contributed by atoms with Crippen LogP contribution in [0.3, 0.4) is 0 Å². The largest absolute Gasteiger partial charge is 0.393 e. The lowest BCUT2D eigenvalue weighted by Gasteiger charge is -2.51. The lowest BCUT2D eigenvalue weighted by atomic mass is 9.54. The van der Waals surface area contributed by atoms with Gasteiger partial charge in [-0.1, -0.05) is 20.8 Å². The Morgan fingerprint density at radius 3 is 2.53 bits per heavy atom. The highest BCUT2D eigenvalue weighted by Crippen LogP contribution is 2.68.